The van der Waals surface area contributed by atoms with Gasteiger partial charge in [-0.2, -0.15) is 16.8 Å². The van der Waals surface area contributed by atoms with Crippen LogP contribution in [0.4, 0.5) is 11.4 Å². The maximum atomic E-state index is 15.7. The number of Topliss-reactive ketones (excluding diaryl/α,β-unsaturated/α-hetero) is 4. The lowest BCUT2D eigenvalue weighted by atomic mass is 9.86. The maximum absolute atomic E-state index is 15.7. The molecule has 1 aliphatic rings. The number of rotatable bonds is 34. The molecule has 0 saturated carbocycles. The molecule has 16 heteroatoms. The molecular formula is C82H98N2O12S2. The number of anilines is 2. The highest BCUT2D eigenvalue weighted by atomic mass is 32.2. The molecule has 14 nitrogen and oxygen atoms in total. The van der Waals surface area contributed by atoms with E-state index in [0.29, 0.717) is 138 Å². The van der Waals surface area contributed by atoms with Crippen molar-refractivity contribution in [2.45, 2.75) is 193 Å². The van der Waals surface area contributed by atoms with Crippen molar-refractivity contribution in [1.82, 2.24) is 0 Å². The molecule has 0 spiro atoms. The van der Waals surface area contributed by atoms with Gasteiger partial charge in [-0.15, -0.1) is 0 Å². The van der Waals surface area contributed by atoms with Gasteiger partial charge >= 0.3 is 20.2 Å². The number of carbonyl (C=O) groups is 4. The number of benzene rings is 8. The van der Waals surface area contributed by atoms with Crippen molar-refractivity contribution in [1.29, 1.82) is 0 Å². The van der Waals surface area contributed by atoms with Gasteiger partial charge in [0.25, 0.3) is 0 Å². The van der Waals surface area contributed by atoms with E-state index in [4.69, 9.17) is 17.8 Å². The number of carbonyl (C=O) groups excluding carboxylic acids is 4. The lowest BCUT2D eigenvalue weighted by molar-refractivity contribution is 0.0971. The van der Waals surface area contributed by atoms with Gasteiger partial charge in [0.2, 0.25) is 0 Å². The summed E-state index contributed by atoms with van der Waals surface area (Å²) >= 11 is 0. The molecule has 0 saturated heterocycles. The molecule has 8 bridgehead atoms. The Morgan fingerprint density at radius 3 is 0.847 bits per heavy atom. The Kier molecular flexibility index (Phi) is 25.6. The van der Waals surface area contributed by atoms with Gasteiger partial charge in [-0.3, -0.25) is 19.2 Å². The van der Waals surface area contributed by atoms with Crippen molar-refractivity contribution in [3.8, 4) is 23.0 Å². The van der Waals surface area contributed by atoms with Crippen LogP contribution in [0.15, 0.2) is 131 Å². The molecule has 520 valence electrons. The molecule has 0 unspecified atom stereocenters. The van der Waals surface area contributed by atoms with Crippen LogP contribution in [0.5, 0.6) is 23.0 Å². The van der Waals surface area contributed by atoms with E-state index in [0.717, 1.165) is 62.7 Å². The predicted octanol–water partition coefficient (Wildman–Crippen LogP) is 19.0. The van der Waals surface area contributed by atoms with Crippen LogP contribution < -0.4 is 27.6 Å². The minimum atomic E-state index is -4.78. The van der Waals surface area contributed by atoms with Gasteiger partial charge in [0.05, 0.1) is 13.2 Å². The molecule has 1 aliphatic carbocycles. The molecule has 0 radical (unpaired) electrons. The molecule has 0 fully saturated rings. The Morgan fingerprint density at radius 2 is 0.592 bits per heavy atom. The number of fused-ring (bicyclic) bond motifs is 10. The van der Waals surface area contributed by atoms with E-state index < -0.39 is 20.2 Å². The zero-order valence-corrected chi connectivity index (χ0v) is 60.8. The van der Waals surface area contributed by atoms with Crippen molar-refractivity contribution in [3.63, 3.8) is 0 Å². The van der Waals surface area contributed by atoms with Gasteiger partial charge in [-0.05, 0) is 134 Å². The minimum absolute atomic E-state index is 0.0446. The molecule has 98 heavy (non-hydrogen) atoms. The Bertz CT molecular complexity index is 4080. The van der Waals surface area contributed by atoms with Crippen molar-refractivity contribution < 1.29 is 53.9 Å². The summed E-state index contributed by atoms with van der Waals surface area (Å²) in [5.74, 6) is -0.0414. The van der Waals surface area contributed by atoms with Crippen LogP contribution in [0.25, 0.3) is 21.5 Å². The average molecular weight is 1370 g/mol. The molecule has 8 aromatic carbocycles. The van der Waals surface area contributed by atoms with Crippen LogP contribution in [0.1, 0.15) is 243 Å². The first-order valence-electron chi connectivity index (χ1n) is 35.4. The molecule has 8 aromatic rings. The summed E-state index contributed by atoms with van der Waals surface area (Å²) in [7, 11) is -1.98. The summed E-state index contributed by atoms with van der Waals surface area (Å²) in [5.41, 5.74) is 6.01. The van der Waals surface area contributed by atoms with Crippen LogP contribution in [0.3, 0.4) is 0 Å². The van der Waals surface area contributed by atoms with Crippen LogP contribution in [-0.4, -0.2) is 81.4 Å². The van der Waals surface area contributed by atoms with E-state index in [9.17, 15) is 19.2 Å². The number of nitrogens with zero attached hydrogens (tertiary/aromatic N) is 2. The van der Waals surface area contributed by atoms with Gasteiger partial charge in [-0.25, -0.2) is 0 Å². The zero-order chi connectivity index (χ0) is 70.3. The predicted molar refractivity (Wildman–Crippen MR) is 395 cm³/mol. The lowest BCUT2D eigenvalue weighted by Gasteiger charge is -2.24. The quantitative estimate of drug-likeness (QED) is 0.0211. The van der Waals surface area contributed by atoms with E-state index in [-0.39, 0.29) is 109 Å². The van der Waals surface area contributed by atoms with Crippen LogP contribution in [0, 0.1) is 0 Å². The Morgan fingerprint density at radius 1 is 0.337 bits per heavy atom. The molecule has 0 heterocycles. The van der Waals surface area contributed by atoms with Crippen molar-refractivity contribution in [2.75, 3.05) is 51.2 Å². The third kappa shape index (κ3) is 17.6. The first-order chi connectivity index (χ1) is 47.1. The first-order valence-corrected chi connectivity index (χ1v) is 38.3. The van der Waals surface area contributed by atoms with Gasteiger partial charge in [0, 0.05) is 157 Å². The second-order valence-corrected chi connectivity index (χ2v) is 29.6. The Hall–Kier alpha value is -8.34. The highest BCUT2D eigenvalue weighted by Crippen LogP contribution is 2.44. The fourth-order valence-corrected chi connectivity index (χ4v) is 15.7. The van der Waals surface area contributed by atoms with Gasteiger partial charge < -0.3 is 27.6 Å². The number of unbranched alkanes of at least 4 members (excludes halogenated alkanes) is 8. The summed E-state index contributed by atoms with van der Waals surface area (Å²) in [6, 6.07) is 35.1. The minimum Gasteiger partial charge on any atom is -0.493 e. The summed E-state index contributed by atoms with van der Waals surface area (Å²) in [6.45, 7) is 12.6. The number of ketones is 4. The number of hydrogen-bond acceptors (Lipinski definition) is 14. The third-order valence-electron chi connectivity index (χ3n) is 18.3. The van der Waals surface area contributed by atoms with E-state index >= 15 is 16.8 Å². The number of ether oxygens (including phenoxy) is 2. The largest absolute Gasteiger partial charge is 0.493 e. The van der Waals surface area contributed by atoms with Crippen LogP contribution in [-0.2, 0) is 45.9 Å². The zero-order valence-electron chi connectivity index (χ0n) is 59.1. The average Bonchev–Trinajstić information content (AvgIpc) is 0.769. The highest BCUT2D eigenvalue weighted by Gasteiger charge is 2.32. The van der Waals surface area contributed by atoms with Crippen molar-refractivity contribution in [3.05, 3.63) is 188 Å². The standard InChI is InChI=1S/C82H98N2O12S2/c1-11-17-21-35-73(85)55-43-59-51-63-47-57(75(87)37-23-19-13-3)49-65(81(63)95-97(89,90)77-39-27-29-67-69(77)31-25-33-71(67)83(7)8)53-61-45-56(74(86)36-22-18-12-2)46-62(80(61)94-42-16-6)54-66-50-58(76(88)38-24-20-14-4)48-64(52-60(44-55)79(59)93-41-15-5)82(66)96-98(91,92)78-40-28-30-68-70(78)32-26-34-72(68)84(9)10/h25-34,39-40,43-50H,11-24,35-38,41-42,51-54H2,1-10H3. The van der Waals surface area contributed by atoms with E-state index in [1.807, 2.05) is 76.1 Å². The van der Waals surface area contributed by atoms with E-state index in [1.54, 1.807) is 84.9 Å². The number of hydrogen-bond donors (Lipinski definition) is 0. The normalized spacial score (nSPS) is 12.3. The van der Waals surface area contributed by atoms with E-state index in [1.165, 1.54) is 12.1 Å². The lowest BCUT2D eigenvalue weighted by Crippen LogP contribution is -2.17. The second kappa shape index (κ2) is 33.9. The second-order valence-electron chi connectivity index (χ2n) is 26.5. The third-order valence-corrected chi connectivity index (χ3v) is 20.9. The van der Waals surface area contributed by atoms with Gasteiger partial charge in [0.15, 0.2) is 23.1 Å². The molecule has 0 amide bonds. The smallest absolute Gasteiger partial charge is 0.339 e. The van der Waals surface area contributed by atoms with E-state index in [2.05, 4.69) is 27.7 Å². The molecule has 9 rings (SSSR count). The fourth-order valence-electron chi connectivity index (χ4n) is 13.3. The molecule has 0 aliphatic heterocycles. The first kappa shape index (κ1) is 73.9. The van der Waals surface area contributed by atoms with Crippen molar-refractivity contribution in [2.24, 2.45) is 0 Å². The van der Waals surface area contributed by atoms with Gasteiger partial charge in [0.1, 0.15) is 32.8 Å². The van der Waals surface area contributed by atoms with Gasteiger partial charge in [-0.1, -0.05) is 141 Å². The summed E-state index contributed by atoms with van der Waals surface area (Å²) in [4.78, 5) is 63.6. The fraction of sp³-hybridized carbons (Fsp3) is 0.415. The summed E-state index contributed by atoms with van der Waals surface area (Å²) < 4.78 is 90.4. The summed E-state index contributed by atoms with van der Waals surface area (Å²) in [5, 5.41) is 2.24. The maximum Gasteiger partial charge on any atom is 0.339 e. The monoisotopic (exact) mass is 1370 g/mol. The SMILES string of the molecule is CCCCCC(=O)c1cc2c(OCCC)c(c1)Cc1cc(C(=O)CCCCC)cc(c1OS(=O)(=O)c1cccc3c(N(C)C)cccc13)Cc1cc(C(=O)CCCCC)cc(c1OCCC)Cc1cc(C(=O)CCCCC)cc(c1OS(=O)(=O)c1cccc3c(N(C)C)cccc13)C2. The van der Waals surface area contributed by atoms with Crippen LogP contribution in [0.2, 0.25) is 0 Å². The highest BCUT2D eigenvalue weighted by molar-refractivity contribution is 7.87. The topological polar surface area (TPSA) is 180 Å². The molecule has 0 atom stereocenters. The Labute approximate surface area is 581 Å². The molecule has 0 N–H and O–H groups in total. The van der Waals surface area contributed by atoms with Crippen LogP contribution >= 0.6 is 0 Å². The molecule has 0 aromatic heterocycles. The summed E-state index contributed by atoms with van der Waals surface area (Å²) in [6.07, 6.45) is 10.6. The Balaban J connectivity index is 1.43. The van der Waals surface area contributed by atoms with Crippen molar-refractivity contribution >= 4 is 76.3 Å². The molecular weight excluding hydrogens is 1270 g/mol.